The van der Waals surface area contributed by atoms with E-state index in [1.54, 1.807) is 26.2 Å². The third kappa shape index (κ3) is 4.14. The summed E-state index contributed by atoms with van der Waals surface area (Å²) in [4.78, 5) is -0.220. The molecule has 1 aliphatic carbocycles. The second-order valence-electron chi connectivity index (χ2n) is 6.76. The van der Waals surface area contributed by atoms with Crippen molar-refractivity contribution in [1.82, 2.24) is 4.72 Å². The number of sulfonamides is 1. The van der Waals surface area contributed by atoms with Gasteiger partial charge in [0.15, 0.2) is 11.6 Å². The lowest BCUT2D eigenvalue weighted by Gasteiger charge is -2.34. The van der Waals surface area contributed by atoms with Gasteiger partial charge >= 0.3 is 0 Å². The summed E-state index contributed by atoms with van der Waals surface area (Å²) >= 11 is 0. The summed E-state index contributed by atoms with van der Waals surface area (Å²) in [6.07, 6.45) is 1.92. The molecule has 1 aliphatic rings. The first kappa shape index (κ1) is 20.6. The Hall–Kier alpha value is -2.16. The molecule has 0 radical (unpaired) electrons. The molecule has 1 unspecified atom stereocenters. The number of benzene rings is 2. The Balaban J connectivity index is 1.81. The first-order valence-corrected chi connectivity index (χ1v) is 10.6. The van der Waals surface area contributed by atoms with E-state index >= 15 is 0 Å². The van der Waals surface area contributed by atoms with Crippen LogP contribution >= 0.6 is 0 Å². The summed E-state index contributed by atoms with van der Waals surface area (Å²) in [5, 5.41) is 11.1. The van der Waals surface area contributed by atoms with Crippen LogP contribution in [0.1, 0.15) is 30.9 Å². The van der Waals surface area contributed by atoms with Crippen molar-refractivity contribution in [1.29, 1.82) is 0 Å². The van der Waals surface area contributed by atoms with Crippen molar-refractivity contribution in [2.75, 3.05) is 20.3 Å². The number of ether oxygens (including phenoxy) is 2. The van der Waals surface area contributed by atoms with Gasteiger partial charge in [-0.15, -0.1) is 0 Å². The molecule has 0 saturated heterocycles. The van der Waals surface area contributed by atoms with E-state index < -0.39 is 21.4 Å². The van der Waals surface area contributed by atoms with Crippen molar-refractivity contribution in [2.24, 2.45) is 0 Å². The number of hydrogen-bond acceptors (Lipinski definition) is 5. The average Bonchev–Trinajstić information content (AvgIpc) is 2.68. The molecule has 0 amide bonds. The predicted molar refractivity (Wildman–Crippen MR) is 103 cm³/mol. The topological polar surface area (TPSA) is 84.9 Å². The van der Waals surface area contributed by atoms with Crippen molar-refractivity contribution in [3.05, 3.63) is 53.3 Å². The van der Waals surface area contributed by atoms with Gasteiger partial charge in [0, 0.05) is 6.54 Å². The minimum Gasteiger partial charge on any atom is -0.497 e. The van der Waals surface area contributed by atoms with E-state index in [0.29, 0.717) is 17.7 Å². The zero-order chi connectivity index (χ0) is 20.4. The number of fused-ring (bicyclic) bond motifs is 1. The van der Waals surface area contributed by atoms with Crippen molar-refractivity contribution in [3.63, 3.8) is 0 Å². The summed E-state index contributed by atoms with van der Waals surface area (Å²) in [5.41, 5.74) is 0.274. The fourth-order valence-corrected chi connectivity index (χ4v) is 4.57. The Labute approximate surface area is 164 Å². The van der Waals surface area contributed by atoms with Crippen molar-refractivity contribution in [3.8, 4) is 11.5 Å². The van der Waals surface area contributed by atoms with E-state index in [2.05, 4.69) is 4.72 Å². The third-order valence-corrected chi connectivity index (χ3v) is 6.32. The largest absolute Gasteiger partial charge is 0.497 e. The minimum absolute atomic E-state index is 0.00441. The van der Waals surface area contributed by atoms with Crippen LogP contribution in [-0.4, -0.2) is 33.8 Å². The molecule has 0 aliphatic heterocycles. The molecule has 8 heteroatoms. The molecule has 2 aromatic carbocycles. The monoisotopic (exact) mass is 409 g/mol. The highest BCUT2D eigenvalue weighted by Crippen LogP contribution is 2.37. The molecule has 6 nitrogen and oxygen atoms in total. The van der Waals surface area contributed by atoms with E-state index in [9.17, 15) is 17.9 Å². The molecule has 0 fully saturated rings. The number of halogens is 1. The molecule has 28 heavy (non-hydrogen) atoms. The van der Waals surface area contributed by atoms with Crippen LogP contribution in [0.5, 0.6) is 11.5 Å². The smallest absolute Gasteiger partial charge is 0.240 e. The minimum atomic E-state index is -4.00. The molecule has 2 N–H and O–H groups in total. The van der Waals surface area contributed by atoms with Gasteiger partial charge in [-0.25, -0.2) is 17.5 Å². The number of aryl methyl sites for hydroxylation is 1. The van der Waals surface area contributed by atoms with Crippen LogP contribution in [0.2, 0.25) is 0 Å². The lowest BCUT2D eigenvalue weighted by Crippen LogP contribution is -2.43. The van der Waals surface area contributed by atoms with Gasteiger partial charge in [0.25, 0.3) is 0 Å². The molecule has 0 aromatic heterocycles. The predicted octanol–water partition coefficient (Wildman–Crippen LogP) is 2.74. The van der Waals surface area contributed by atoms with Gasteiger partial charge in [0.05, 0.1) is 18.6 Å². The Bertz CT molecular complexity index is 963. The lowest BCUT2D eigenvalue weighted by atomic mass is 9.79. The Kier molecular flexibility index (Phi) is 5.92. The fourth-order valence-electron chi connectivity index (χ4n) is 3.47. The maximum absolute atomic E-state index is 14.0. The molecule has 0 heterocycles. The van der Waals surface area contributed by atoms with E-state index in [4.69, 9.17) is 9.47 Å². The molecular formula is C20H24FNO5S. The summed E-state index contributed by atoms with van der Waals surface area (Å²) in [7, 11) is -2.43. The zero-order valence-electron chi connectivity index (χ0n) is 15.9. The van der Waals surface area contributed by atoms with E-state index in [0.717, 1.165) is 24.5 Å². The Morgan fingerprint density at radius 2 is 2.04 bits per heavy atom. The maximum atomic E-state index is 14.0. The Morgan fingerprint density at radius 1 is 1.25 bits per heavy atom. The van der Waals surface area contributed by atoms with Crippen LogP contribution in [0.3, 0.4) is 0 Å². The van der Waals surface area contributed by atoms with E-state index in [-0.39, 0.29) is 23.8 Å². The van der Waals surface area contributed by atoms with Gasteiger partial charge < -0.3 is 14.6 Å². The standard InChI is InChI=1S/C20H24FNO5S/c1-3-27-19-9-7-16(12-18(19)21)28(24,25)22-13-20(23)10-4-5-14-11-15(26-2)6-8-17(14)20/h6-9,11-12,22-23H,3-5,10,13H2,1-2H3. The average molecular weight is 409 g/mol. The molecular weight excluding hydrogens is 385 g/mol. The first-order chi connectivity index (χ1) is 13.3. The number of methoxy groups -OCH3 is 1. The number of rotatable bonds is 7. The fraction of sp³-hybridized carbons (Fsp3) is 0.400. The van der Waals surface area contributed by atoms with Crippen LogP contribution in [0.25, 0.3) is 0 Å². The van der Waals surface area contributed by atoms with Crippen LogP contribution < -0.4 is 14.2 Å². The summed E-state index contributed by atoms with van der Waals surface area (Å²) in [6, 6.07) is 8.83. The van der Waals surface area contributed by atoms with Crippen molar-refractivity contribution >= 4 is 10.0 Å². The molecule has 0 spiro atoms. The normalized spacial score (nSPS) is 19.1. The van der Waals surface area contributed by atoms with Gasteiger partial charge in [0.2, 0.25) is 10.0 Å². The molecule has 152 valence electrons. The quantitative estimate of drug-likeness (QED) is 0.735. The zero-order valence-corrected chi connectivity index (χ0v) is 16.7. The summed E-state index contributed by atoms with van der Waals surface area (Å²) in [5.74, 6) is -0.0674. The summed E-state index contributed by atoms with van der Waals surface area (Å²) in [6.45, 7) is 1.78. The van der Waals surface area contributed by atoms with Crippen LogP contribution in [0, 0.1) is 5.82 Å². The molecule has 0 bridgehead atoms. The van der Waals surface area contributed by atoms with Gasteiger partial charge in [0.1, 0.15) is 11.4 Å². The number of nitrogens with one attached hydrogen (secondary N) is 1. The van der Waals surface area contributed by atoms with Crippen LogP contribution in [0.15, 0.2) is 41.3 Å². The molecule has 1 atom stereocenters. The third-order valence-electron chi connectivity index (χ3n) is 4.92. The number of hydrogen-bond donors (Lipinski definition) is 2. The lowest BCUT2D eigenvalue weighted by molar-refractivity contribution is 0.0242. The van der Waals surface area contributed by atoms with Gasteiger partial charge in [-0.1, -0.05) is 6.07 Å². The van der Waals surface area contributed by atoms with Crippen molar-refractivity contribution in [2.45, 2.75) is 36.7 Å². The van der Waals surface area contributed by atoms with Crippen molar-refractivity contribution < 1.29 is 27.4 Å². The molecule has 0 saturated carbocycles. The highest BCUT2D eigenvalue weighted by Gasteiger charge is 2.36. The first-order valence-electron chi connectivity index (χ1n) is 9.11. The van der Waals surface area contributed by atoms with Gasteiger partial charge in [-0.3, -0.25) is 0 Å². The maximum Gasteiger partial charge on any atom is 0.240 e. The van der Waals surface area contributed by atoms with E-state index in [1.807, 2.05) is 6.07 Å². The van der Waals surface area contributed by atoms with Gasteiger partial charge in [-0.05, 0) is 67.6 Å². The van der Waals surface area contributed by atoms with E-state index in [1.165, 1.54) is 12.1 Å². The Morgan fingerprint density at radius 3 is 2.71 bits per heavy atom. The van der Waals surface area contributed by atoms with Crippen LogP contribution in [0.4, 0.5) is 4.39 Å². The summed E-state index contributed by atoms with van der Waals surface area (Å²) < 4.78 is 52.0. The molecule has 2 aromatic rings. The highest BCUT2D eigenvalue weighted by atomic mass is 32.2. The second-order valence-corrected chi connectivity index (χ2v) is 8.52. The molecule has 3 rings (SSSR count). The van der Waals surface area contributed by atoms with Gasteiger partial charge in [-0.2, -0.15) is 0 Å². The highest BCUT2D eigenvalue weighted by molar-refractivity contribution is 7.89. The van der Waals surface area contributed by atoms with Crippen LogP contribution in [-0.2, 0) is 22.0 Å². The SMILES string of the molecule is CCOc1ccc(S(=O)(=O)NCC2(O)CCCc3cc(OC)ccc32)cc1F. The number of aliphatic hydroxyl groups is 1. The second kappa shape index (κ2) is 8.06.